The van der Waals surface area contributed by atoms with Crippen LogP contribution >= 0.6 is 11.8 Å². The topological polar surface area (TPSA) is 0 Å². The highest BCUT2D eigenvalue weighted by atomic mass is 32.2. The highest BCUT2D eigenvalue weighted by Crippen LogP contribution is 2.30. The fourth-order valence-electron chi connectivity index (χ4n) is 1.78. The molecule has 0 spiro atoms. The van der Waals surface area contributed by atoms with Crippen molar-refractivity contribution in [2.45, 2.75) is 50.3 Å². The van der Waals surface area contributed by atoms with Crippen LogP contribution in [-0.4, -0.2) is 0 Å². The number of unbranched alkanes of at least 4 members (excludes halogenated alkanes) is 3. The van der Waals surface area contributed by atoms with Gasteiger partial charge in [0.05, 0.1) is 0 Å². The third kappa shape index (κ3) is 6.70. The average Bonchev–Trinajstić information content (AvgIpc) is 2.41. The number of hydrogen-bond acceptors (Lipinski definition) is 1. The molecule has 0 aliphatic rings. The summed E-state index contributed by atoms with van der Waals surface area (Å²) < 4.78 is 0. The molecule has 98 valence electrons. The second kappa shape index (κ2) is 10.0. The molecule has 0 aliphatic carbocycles. The Morgan fingerprint density at radius 3 is 2.61 bits per heavy atom. The smallest absolute Gasteiger partial charge is 0.0118 e. The lowest BCUT2D eigenvalue weighted by Crippen LogP contribution is -1.82. The van der Waals surface area contributed by atoms with Crippen LogP contribution in [0.15, 0.2) is 58.9 Å². The van der Waals surface area contributed by atoms with Crippen LogP contribution in [-0.2, 0) is 0 Å². The molecule has 0 aliphatic heterocycles. The van der Waals surface area contributed by atoms with E-state index in [9.17, 15) is 0 Å². The van der Waals surface area contributed by atoms with Gasteiger partial charge in [-0.05, 0) is 36.3 Å². The first-order chi connectivity index (χ1) is 8.86. The van der Waals surface area contributed by atoms with E-state index in [0.29, 0.717) is 0 Å². The van der Waals surface area contributed by atoms with E-state index >= 15 is 0 Å². The van der Waals surface area contributed by atoms with Crippen LogP contribution in [0.1, 0.15) is 45.4 Å². The van der Waals surface area contributed by atoms with E-state index in [4.69, 9.17) is 0 Å². The lowest BCUT2D eigenvalue weighted by Gasteiger charge is -2.07. The summed E-state index contributed by atoms with van der Waals surface area (Å²) in [7, 11) is 0. The van der Waals surface area contributed by atoms with Crippen LogP contribution < -0.4 is 0 Å². The number of thioether (sulfide) groups is 1. The van der Waals surface area contributed by atoms with Crippen molar-refractivity contribution in [3.63, 3.8) is 0 Å². The third-order valence-electron chi connectivity index (χ3n) is 2.78. The molecule has 0 bridgehead atoms. The van der Waals surface area contributed by atoms with E-state index < -0.39 is 0 Å². The first kappa shape index (κ1) is 15.1. The van der Waals surface area contributed by atoms with Crippen LogP contribution in [0.2, 0.25) is 0 Å². The summed E-state index contributed by atoms with van der Waals surface area (Å²) in [5, 5.41) is 0. The maximum atomic E-state index is 3.80. The Bertz CT molecular complexity index is 351. The predicted molar refractivity (Wildman–Crippen MR) is 84.0 cm³/mol. The van der Waals surface area contributed by atoms with Gasteiger partial charge in [-0.15, -0.1) is 6.58 Å². The second-order valence-electron chi connectivity index (χ2n) is 4.42. The molecule has 1 aromatic rings. The second-order valence-corrected chi connectivity index (χ2v) is 5.62. The van der Waals surface area contributed by atoms with Crippen molar-refractivity contribution < 1.29 is 0 Å². The number of rotatable bonds is 9. The summed E-state index contributed by atoms with van der Waals surface area (Å²) in [5.74, 6) is 0. The molecule has 0 unspecified atom stereocenters. The van der Waals surface area contributed by atoms with Gasteiger partial charge in [0.1, 0.15) is 0 Å². The molecule has 0 N–H and O–H groups in total. The van der Waals surface area contributed by atoms with E-state index in [1.54, 1.807) is 0 Å². The van der Waals surface area contributed by atoms with Crippen LogP contribution in [0.5, 0.6) is 0 Å². The largest absolute Gasteiger partial charge is 0.103 e. The molecule has 0 saturated heterocycles. The number of allylic oxidation sites excluding steroid dienone is 3. The van der Waals surface area contributed by atoms with Crippen LogP contribution in [0.3, 0.4) is 0 Å². The van der Waals surface area contributed by atoms with Crippen molar-refractivity contribution in [3.8, 4) is 0 Å². The first-order valence-electron chi connectivity index (χ1n) is 6.89. The Labute approximate surface area is 116 Å². The lowest BCUT2D eigenvalue weighted by atomic mass is 10.1. The Hall–Kier alpha value is -0.950. The number of hydrogen-bond donors (Lipinski definition) is 0. The maximum absolute atomic E-state index is 3.80. The molecule has 0 fully saturated rings. The fraction of sp³-hybridized carbons (Fsp3) is 0.412. The van der Waals surface area contributed by atoms with Gasteiger partial charge in [0.25, 0.3) is 0 Å². The molecule has 1 rings (SSSR count). The van der Waals surface area contributed by atoms with E-state index in [0.717, 1.165) is 6.42 Å². The summed E-state index contributed by atoms with van der Waals surface area (Å²) >= 11 is 1.90. The van der Waals surface area contributed by atoms with Gasteiger partial charge in [0, 0.05) is 4.90 Å². The molecule has 0 saturated carbocycles. The van der Waals surface area contributed by atoms with Crippen molar-refractivity contribution >= 4 is 11.8 Å². The molecular formula is C17H24S. The molecule has 0 atom stereocenters. The Morgan fingerprint density at radius 2 is 1.94 bits per heavy atom. The maximum Gasteiger partial charge on any atom is 0.0118 e. The van der Waals surface area contributed by atoms with Gasteiger partial charge in [0.2, 0.25) is 0 Å². The summed E-state index contributed by atoms with van der Waals surface area (Å²) in [4.78, 5) is 2.82. The van der Waals surface area contributed by atoms with Crippen LogP contribution in [0.4, 0.5) is 0 Å². The molecule has 0 aromatic heterocycles. The minimum atomic E-state index is 0.975. The molecule has 0 amide bonds. The summed E-state index contributed by atoms with van der Waals surface area (Å²) in [6.45, 7) is 6.05. The summed E-state index contributed by atoms with van der Waals surface area (Å²) in [6.07, 6.45) is 11.8. The molecule has 1 aromatic carbocycles. The SMILES string of the molecule is C=CC/C=C(/CCCCCC)Sc1ccccc1. The van der Waals surface area contributed by atoms with Gasteiger partial charge in [-0.25, -0.2) is 0 Å². The highest BCUT2D eigenvalue weighted by molar-refractivity contribution is 8.03. The van der Waals surface area contributed by atoms with E-state index in [2.05, 4.69) is 49.9 Å². The molecular weight excluding hydrogens is 236 g/mol. The zero-order valence-electron chi connectivity index (χ0n) is 11.4. The van der Waals surface area contributed by atoms with E-state index in [-0.39, 0.29) is 0 Å². The molecule has 0 nitrogen and oxygen atoms in total. The quantitative estimate of drug-likeness (QED) is 0.289. The van der Waals surface area contributed by atoms with E-state index in [1.165, 1.54) is 41.9 Å². The van der Waals surface area contributed by atoms with Crippen molar-refractivity contribution in [3.05, 3.63) is 54.0 Å². The predicted octanol–water partition coefficient (Wildman–Crippen LogP) is 6.21. The number of benzene rings is 1. The summed E-state index contributed by atoms with van der Waals surface area (Å²) in [6, 6.07) is 10.6. The van der Waals surface area contributed by atoms with Crippen LogP contribution in [0, 0.1) is 0 Å². The molecule has 0 radical (unpaired) electrons. The Morgan fingerprint density at radius 1 is 1.17 bits per heavy atom. The molecule has 18 heavy (non-hydrogen) atoms. The van der Waals surface area contributed by atoms with E-state index in [1.807, 2.05) is 17.8 Å². The lowest BCUT2D eigenvalue weighted by molar-refractivity contribution is 0.671. The van der Waals surface area contributed by atoms with Crippen molar-refractivity contribution in [1.29, 1.82) is 0 Å². The Balaban J connectivity index is 2.48. The molecule has 0 heterocycles. The minimum Gasteiger partial charge on any atom is -0.103 e. The van der Waals surface area contributed by atoms with Gasteiger partial charge in [-0.1, -0.05) is 68.3 Å². The average molecular weight is 260 g/mol. The van der Waals surface area contributed by atoms with Crippen molar-refractivity contribution in [2.75, 3.05) is 0 Å². The molecule has 1 heteroatoms. The standard InChI is InChI=1S/C17H24S/c1-3-5-7-9-13-16(12-6-4-2)18-17-14-10-8-11-15-17/h4,8,10-12,14-15H,2-3,5-7,9,13H2,1H3/b16-12-. The van der Waals surface area contributed by atoms with Crippen molar-refractivity contribution in [1.82, 2.24) is 0 Å². The monoisotopic (exact) mass is 260 g/mol. The first-order valence-corrected chi connectivity index (χ1v) is 7.71. The normalized spacial score (nSPS) is 11.5. The van der Waals surface area contributed by atoms with Gasteiger partial charge < -0.3 is 0 Å². The third-order valence-corrected chi connectivity index (χ3v) is 3.92. The van der Waals surface area contributed by atoms with Crippen LogP contribution in [0.25, 0.3) is 0 Å². The van der Waals surface area contributed by atoms with Gasteiger partial charge >= 0.3 is 0 Å². The zero-order chi connectivity index (χ0) is 13.1. The minimum absolute atomic E-state index is 0.975. The van der Waals surface area contributed by atoms with Crippen molar-refractivity contribution in [2.24, 2.45) is 0 Å². The summed E-state index contributed by atoms with van der Waals surface area (Å²) in [5.41, 5.74) is 0. The van der Waals surface area contributed by atoms with Gasteiger partial charge in [-0.2, -0.15) is 0 Å². The zero-order valence-corrected chi connectivity index (χ0v) is 12.2. The Kier molecular flexibility index (Phi) is 8.41. The van der Waals surface area contributed by atoms with Gasteiger partial charge in [0.15, 0.2) is 0 Å². The highest BCUT2D eigenvalue weighted by Gasteiger charge is 2.00. The fourth-order valence-corrected chi connectivity index (χ4v) is 2.80. The van der Waals surface area contributed by atoms with Gasteiger partial charge in [-0.3, -0.25) is 0 Å².